The predicted molar refractivity (Wildman–Crippen MR) is 27.8 cm³/mol. The van der Waals surface area contributed by atoms with Gasteiger partial charge < -0.3 is 23.6 Å². The Bertz CT molecular complexity index is 8.75. The van der Waals surface area contributed by atoms with Crippen LogP contribution < -0.4 is 18.5 Å². The maximum Gasteiger partial charge on any atom is 0.0402 e. The molecule has 6 heavy (non-hydrogen) atoms. The van der Waals surface area contributed by atoms with Gasteiger partial charge in [0.1, 0.15) is 0 Å². The summed E-state index contributed by atoms with van der Waals surface area (Å²) in [5.74, 6) is 0. The van der Waals surface area contributed by atoms with Crippen LogP contribution in [0.25, 0.3) is 0 Å². The fraction of sp³-hybridized carbons (Fsp3) is 1.00. The van der Waals surface area contributed by atoms with Crippen molar-refractivity contribution in [3.05, 3.63) is 0 Å². The van der Waals surface area contributed by atoms with Gasteiger partial charge in [0.2, 0.25) is 0 Å². The van der Waals surface area contributed by atoms with E-state index in [9.17, 15) is 0 Å². The summed E-state index contributed by atoms with van der Waals surface area (Å²) in [4.78, 5) is 0. The molecule has 0 unspecified atom stereocenters. The van der Waals surface area contributed by atoms with Gasteiger partial charge in [0, 0.05) is 6.61 Å². The lowest BCUT2D eigenvalue weighted by atomic mass is 10.9. The van der Waals surface area contributed by atoms with Crippen LogP contribution in [0.3, 0.4) is 0 Å². The highest BCUT2D eigenvalue weighted by Crippen LogP contribution is 1.30. The maximum absolute atomic E-state index is 7.57. The van der Waals surface area contributed by atoms with Gasteiger partial charge >= 0.3 is 0 Å². The quantitative estimate of drug-likeness (QED) is 0.350. The van der Waals surface area contributed by atoms with Gasteiger partial charge in [0.05, 0.1) is 0 Å². The molecule has 0 atom stereocenters. The zero-order chi connectivity index (χ0) is 2.71. The monoisotopic (exact) mass is 97.1 g/mol. The van der Waals surface area contributed by atoms with Gasteiger partial charge in [-0.2, -0.15) is 0 Å². The van der Waals surface area contributed by atoms with E-state index in [1.54, 1.807) is 6.92 Å². The fourth-order valence-corrected chi connectivity index (χ4v) is 0. The minimum absolute atomic E-state index is 0. The van der Waals surface area contributed by atoms with Crippen LogP contribution in [0.2, 0.25) is 0 Å². The molecular weight excluding hydrogens is 82.0 g/mol. The Morgan fingerprint density at radius 3 is 1.17 bits per heavy atom. The SMILES string of the molecule is CCO.N.N.N. The topological polar surface area (TPSA) is 125 Å². The van der Waals surface area contributed by atoms with Gasteiger partial charge in [-0.15, -0.1) is 0 Å². The largest absolute Gasteiger partial charge is 0.397 e. The molecule has 0 fully saturated rings. The Hall–Kier alpha value is -0.160. The highest BCUT2D eigenvalue weighted by molar-refractivity contribution is 3.84. The van der Waals surface area contributed by atoms with Crippen molar-refractivity contribution in [2.45, 2.75) is 6.92 Å². The van der Waals surface area contributed by atoms with E-state index in [-0.39, 0.29) is 25.1 Å². The average Bonchev–Trinajstić information content (AvgIpc) is 0.918. The first-order valence-corrected chi connectivity index (χ1v) is 1.02. The van der Waals surface area contributed by atoms with Crippen molar-refractivity contribution in [1.29, 1.82) is 0 Å². The summed E-state index contributed by atoms with van der Waals surface area (Å²) in [5, 5.41) is 7.57. The van der Waals surface area contributed by atoms with Gasteiger partial charge in [-0.3, -0.25) is 0 Å². The molecule has 10 N–H and O–H groups in total. The third-order valence-electron chi connectivity index (χ3n) is 0. The van der Waals surface area contributed by atoms with Crippen molar-refractivity contribution in [3.8, 4) is 0 Å². The molecule has 0 heterocycles. The van der Waals surface area contributed by atoms with E-state index in [1.165, 1.54) is 0 Å². The van der Waals surface area contributed by atoms with E-state index in [1.807, 2.05) is 0 Å². The summed E-state index contributed by atoms with van der Waals surface area (Å²) in [7, 11) is 0. The van der Waals surface area contributed by atoms with E-state index in [0.29, 0.717) is 0 Å². The van der Waals surface area contributed by atoms with Crippen molar-refractivity contribution < 1.29 is 5.11 Å². The van der Waals surface area contributed by atoms with Gasteiger partial charge in [0.25, 0.3) is 0 Å². The Labute approximate surface area is 38.3 Å². The molecule has 0 aliphatic carbocycles. The van der Waals surface area contributed by atoms with Crippen LogP contribution in [0.15, 0.2) is 0 Å². The van der Waals surface area contributed by atoms with Crippen LogP contribution in [-0.4, -0.2) is 11.7 Å². The predicted octanol–water partition coefficient (Wildman–Crippen LogP) is 0.485. The van der Waals surface area contributed by atoms with E-state index in [2.05, 4.69) is 0 Å². The minimum Gasteiger partial charge on any atom is -0.397 e. The third-order valence-corrected chi connectivity index (χ3v) is 0. The molecule has 0 aromatic carbocycles. The van der Waals surface area contributed by atoms with Gasteiger partial charge in [-0.1, -0.05) is 0 Å². The fourth-order valence-electron chi connectivity index (χ4n) is 0. The zero-order valence-electron chi connectivity index (χ0n) is 4.28. The molecule has 44 valence electrons. The molecule has 0 aromatic rings. The van der Waals surface area contributed by atoms with Gasteiger partial charge in [-0.25, -0.2) is 0 Å². The molecular formula is C2H15N3O. The lowest BCUT2D eigenvalue weighted by Crippen LogP contribution is -1.57. The molecule has 0 saturated carbocycles. The molecule has 0 saturated heterocycles. The van der Waals surface area contributed by atoms with Crippen LogP contribution >= 0.6 is 0 Å². The van der Waals surface area contributed by atoms with E-state index in [0.717, 1.165) is 0 Å². The van der Waals surface area contributed by atoms with E-state index < -0.39 is 0 Å². The minimum atomic E-state index is 0. The van der Waals surface area contributed by atoms with Crippen LogP contribution in [0.1, 0.15) is 6.92 Å². The van der Waals surface area contributed by atoms with Crippen molar-refractivity contribution >= 4 is 0 Å². The summed E-state index contributed by atoms with van der Waals surface area (Å²) in [6, 6.07) is 0. The number of hydrogen-bond donors (Lipinski definition) is 4. The molecule has 0 rings (SSSR count). The molecule has 4 heteroatoms. The smallest absolute Gasteiger partial charge is 0.0402 e. The molecule has 0 aliphatic heterocycles. The molecule has 4 nitrogen and oxygen atoms in total. The number of rotatable bonds is 0. The second kappa shape index (κ2) is 101. The summed E-state index contributed by atoms with van der Waals surface area (Å²) in [6.07, 6.45) is 0. The van der Waals surface area contributed by atoms with Gasteiger partial charge in [-0.05, 0) is 6.92 Å². The van der Waals surface area contributed by atoms with Crippen molar-refractivity contribution in [3.63, 3.8) is 0 Å². The Morgan fingerprint density at radius 2 is 1.17 bits per heavy atom. The molecule has 0 amide bonds. The average molecular weight is 97.2 g/mol. The Balaban J connectivity index is -0.00000000667. The summed E-state index contributed by atoms with van der Waals surface area (Å²) in [5.41, 5.74) is 0. The molecule has 0 aromatic heterocycles. The molecule has 0 bridgehead atoms. The van der Waals surface area contributed by atoms with Crippen molar-refractivity contribution in [2.24, 2.45) is 0 Å². The zero-order valence-corrected chi connectivity index (χ0v) is 4.28. The van der Waals surface area contributed by atoms with E-state index >= 15 is 0 Å². The second-order valence-electron chi connectivity index (χ2n) is 0.316. The normalized spacial score (nSPS) is 3.00. The highest BCUT2D eigenvalue weighted by Gasteiger charge is 1.34. The summed E-state index contributed by atoms with van der Waals surface area (Å²) >= 11 is 0. The van der Waals surface area contributed by atoms with Crippen molar-refractivity contribution in [1.82, 2.24) is 18.5 Å². The Kier molecular flexibility index (Phi) is 681. The number of aliphatic hydroxyl groups excluding tert-OH is 1. The summed E-state index contributed by atoms with van der Waals surface area (Å²) in [6.45, 7) is 1.93. The van der Waals surface area contributed by atoms with Crippen molar-refractivity contribution in [2.75, 3.05) is 6.61 Å². The van der Waals surface area contributed by atoms with Crippen LogP contribution in [0.5, 0.6) is 0 Å². The standard InChI is InChI=1S/C2H6O.3H3N/c1-2-3;;;/h3H,2H2,1H3;3*1H3. The van der Waals surface area contributed by atoms with Crippen LogP contribution in [-0.2, 0) is 0 Å². The second-order valence-corrected chi connectivity index (χ2v) is 0.316. The van der Waals surface area contributed by atoms with E-state index in [4.69, 9.17) is 5.11 Å². The molecule has 0 aliphatic rings. The Morgan fingerprint density at radius 1 is 1.17 bits per heavy atom. The molecule has 0 radical (unpaired) electrons. The molecule has 0 spiro atoms. The third kappa shape index (κ3) is 1210. The maximum atomic E-state index is 7.57. The van der Waals surface area contributed by atoms with Gasteiger partial charge in [0.15, 0.2) is 0 Å². The van der Waals surface area contributed by atoms with Crippen LogP contribution in [0.4, 0.5) is 0 Å². The van der Waals surface area contributed by atoms with Crippen LogP contribution in [0, 0.1) is 0 Å². The highest BCUT2D eigenvalue weighted by atomic mass is 16.2. The lowest BCUT2D eigenvalue weighted by molar-refractivity contribution is 0.318. The first-order valence-electron chi connectivity index (χ1n) is 1.02. The summed E-state index contributed by atoms with van der Waals surface area (Å²) < 4.78 is 0. The lowest BCUT2D eigenvalue weighted by Gasteiger charge is -1.52. The first kappa shape index (κ1) is 40.4. The first-order chi connectivity index (χ1) is 1.41. The number of aliphatic hydroxyl groups is 1. The number of hydrogen-bond acceptors (Lipinski definition) is 4.